The minimum absolute atomic E-state index is 0.0563. The molecule has 2 aromatic rings. The van der Waals surface area contributed by atoms with Crippen molar-refractivity contribution in [2.24, 2.45) is 0 Å². The van der Waals surface area contributed by atoms with Gasteiger partial charge in [0.1, 0.15) is 5.69 Å². The minimum atomic E-state index is -0.602. The van der Waals surface area contributed by atoms with Crippen LogP contribution in [0.15, 0.2) is 36.4 Å². The van der Waals surface area contributed by atoms with E-state index >= 15 is 0 Å². The van der Waals surface area contributed by atoms with Crippen molar-refractivity contribution in [3.8, 4) is 0 Å². The first-order valence-electron chi connectivity index (χ1n) is 11.2. The third-order valence-corrected chi connectivity index (χ3v) is 6.40. The number of ether oxygens (including phenoxy) is 1. The molecule has 2 aromatic carbocycles. The van der Waals surface area contributed by atoms with Gasteiger partial charge in [0.2, 0.25) is 0 Å². The molecule has 184 valence electrons. The monoisotopic (exact) mass is 517 g/mol. The molecule has 2 fully saturated rings. The second-order valence-corrected chi connectivity index (χ2v) is 8.98. The first kappa shape index (κ1) is 24.8. The van der Waals surface area contributed by atoms with Crippen molar-refractivity contribution in [3.63, 3.8) is 0 Å². The van der Waals surface area contributed by atoms with E-state index in [4.69, 9.17) is 28.6 Å². The Bertz CT molecular complexity index is 1160. The van der Waals surface area contributed by atoms with Gasteiger partial charge in [-0.15, -0.1) is 0 Å². The summed E-state index contributed by atoms with van der Waals surface area (Å²) >= 11 is 11.5. The van der Waals surface area contributed by atoms with E-state index in [2.05, 4.69) is 10.6 Å². The number of morpholine rings is 1. The van der Waals surface area contributed by atoms with E-state index in [0.29, 0.717) is 48.3 Å². The van der Waals surface area contributed by atoms with E-state index < -0.39 is 10.8 Å². The molecule has 2 saturated heterocycles. The van der Waals surface area contributed by atoms with Crippen molar-refractivity contribution in [1.82, 2.24) is 10.2 Å². The third kappa shape index (κ3) is 5.87. The fourth-order valence-corrected chi connectivity index (χ4v) is 4.44. The Morgan fingerprint density at radius 3 is 2.40 bits per heavy atom. The lowest BCUT2D eigenvalue weighted by Crippen LogP contribution is -2.40. The van der Waals surface area contributed by atoms with Crippen LogP contribution in [-0.4, -0.2) is 66.1 Å². The zero-order valence-corrected chi connectivity index (χ0v) is 20.4. The highest BCUT2D eigenvalue weighted by Crippen LogP contribution is 2.31. The zero-order valence-electron chi connectivity index (χ0n) is 18.8. The van der Waals surface area contributed by atoms with Gasteiger partial charge >= 0.3 is 0 Å². The molecular weight excluding hydrogens is 494 g/mol. The molecule has 35 heavy (non-hydrogen) atoms. The number of nitro benzene ring substituents is 1. The summed E-state index contributed by atoms with van der Waals surface area (Å²) in [6.45, 7) is 3.46. The summed E-state index contributed by atoms with van der Waals surface area (Å²) in [5.41, 5.74) is 1.24. The molecule has 0 atom stereocenters. The van der Waals surface area contributed by atoms with Gasteiger partial charge in [-0.25, -0.2) is 0 Å². The van der Waals surface area contributed by atoms with Crippen LogP contribution < -0.4 is 15.5 Å². The summed E-state index contributed by atoms with van der Waals surface area (Å²) in [6.07, 6.45) is 1.95. The molecule has 12 heteroatoms. The highest BCUT2D eigenvalue weighted by atomic mass is 35.5. The lowest BCUT2D eigenvalue weighted by molar-refractivity contribution is -0.384. The number of nitro groups is 1. The first-order valence-corrected chi connectivity index (χ1v) is 11.9. The van der Waals surface area contributed by atoms with Gasteiger partial charge < -0.3 is 19.9 Å². The van der Waals surface area contributed by atoms with Gasteiger partial charge in [0.25, 0.3) is 17.5 Å². The number of hydrogen-bond donors (Lipinski definition) is 2. The number of halogens is 1. The summed E-state index contributed by atoms with van der Waals surface area (Å²) in [7, 11) is 0. The normalized spacial score (nSPS) is 15.6. The van der Waals surface area contributed by atoms with Crippen LogP contribution >= 0.6 is 23.8 Å². The van der Waals surface area contributed by atoms with Gasteiger partial charge in [0.05, 0.1) is 28.8 Å². The lowest BCUT2D eigenvalue weighted by Gasteiger charge is -2.27. The van der Waals surface area contributed by atoms with Crippen molar-refractivity contribution < 1.29 is 19.2 Å². The van der Waals surface area contributed by atoms with Gasteiger partial charge in [-0.3, -0.25) is 25.0 Å². The molecular formula is C23H24ClN5O5S. The topological polar surface area (TPSA) is 117 Å². The Kier molecular flexibility index (Phi) is 7.79. The minimum Gasteiger partial charge on any atom is -0.378 e. The van der Waals surface area contributed by atoms with E-state index in [9.17, 15) is 19.7 Å². The molecule has 0 bridgehead atoms. The smallest absolute Gasteiger partial charge is 0.293 e. The Morgan fingerprint density at radius 1 is 1.03 bits per heavy atom. The van der Waals surface area contributed by atoms with E-state index in [1.54, 1.807) is 29.2 Å². The number of amides is 2. The molecule has 2 aliphatic rings. The Labute approximate surface area is 212 Å². The number of nitrogens with one attached hydrogen (secondary N) is 2. The predicted molar refractivity (Wildman–Crippen MR) is 136 cm³/mol. The van der Waals surface area contributed by atoms with Crippen molar-refractivity contribution in [2.75, 3.05) is 49.6 Å². The third-order valence-electron chi connectivity index (χ3n) is 5.87. The van der Waals surface area contributed by atoms with Crippen molar-refractivity contribution in [3.05, 3.63) is 62.7 Å². The van der Waals surface area contributed by atoms with E-state index in [1.165, 1.54) is 12.1 Å². The molecule has 4 rings (SSSR count). The highest BCUT2D eigenvalue weighted by Gasteiger charge is 2.24. The Morgan fingerprint density at radius 2 is 1.71 bits per heavy atom. The molecule has 2 heterocycles. The highest BCUT2D eigenvalue weighted by molar-refractivity contribution is 7.80. The fourth-order valence-electron chi connectivity index (χ4n) is 4.07. The second kappa shape index (κ2) is 11.0. The maximum absolute atomic E-state index is 12.8. The summed E-state index contributed by atoms with van der Waals surface area (Å²) < 4.78 is 5.28. The molecule has 2 aliphatic heterocycles. The molecule has 0 saturated carbocycles. The van der Waals surface area contributed by atoms with Gasteiger partial charge in [-0.2, -0.15) is 0 Å². The van der Waals surface area contributed by atoms with E-state index in [0.717, 1.165) is 25.9 Å². The quantitative estimate of drug-likeness (QED) is 0.352. The number of hydrogen-bond acceptors (Lipinski definition) is 7. The van der Waals surface area contributed by atoms with E-state index in [1.807, 2.05) is 4.90 Å². The molecule has 2 N–H and O–H groups in total. The largest absolute Gasteiger partial charge is 0.378 e. The first-order chi connectivity index (χ1) is 16.8. The SMILES string of the molecule is O=C(NC(=S)Nc1cc(C(=O)N2CCOCC2)ccc1Cl)c1ccc(N2CCCC2)c([N+](=O)[O-])c1. The standard InChI is InChI=1S/C23H24ClN5O5S/c24-17-5-3-16(22(31)28-9-11-34-12-10-28)13-18(17)25-23(35)26-21(30)15-4-6-19(20(14-15)29(32)33)27-7-1-2-8-27/h3-6,13-14H,1-2,7-12H2,(H2,25,26,30,35). The second-order valence-electron chi connectivity index (χ2n) is 8.16. The average Bonchev–Trinajstić information content (AvgIpc) is 3.40. The molecule has 0 radical (unpaired) electrons. The van der Waals surface area contributed by atoms with Crippen molar-refractivity contribution in [1.29, 1.82) is 0 Å². The molecule has 0 aromatic heterocycles. The zero-order chi connectivity index (χ0) is 24.9. The number of carbonyl (C=O) groups excluding carboxylic acids is 2. The van der Waals surface area contributed by atoms with E-state index in [-0.39, 0.29) is 22.3 Å². The maximum Gasteiger partial charge on any atom is 0.293 e. The summed E-state index contributed by atoms with van der Waals surface area (Å²) in [5.74, 6) is -0.761. The number of benzene rings is 2. The lowest BCUT2D eigenvalue weighted by atomic mass is 10.1. The Balaban J connectivity index is 1.44. The van der Waals surface area contributed by atoms with Crippen molar-refractivity contribution in [2.45, 2.75) is 12.8 Å². The van der Waals surface area contributed by atoms with Gasteiger partial charge in [0, 0.05) is 43.4 Å². The van der Waals surface area contributed by atoms with Crippen LogP contribution in [0.1, 0.15) is 33.6 Å². The summed E-state index contributed by atoms with van der Waals surface area (Å²) in [6, 6.07) is 9.13. The molecule has 10 nitrogen and oxygen atoms in total. The number of nitrogens with zero attached hydrogens (tertiary/aromatic N) is 3. The van der Waals surface area contributed by atoms with Crippen LogP contribution in [0.25, 0.3) is 0 Å². The molecule has 0 unspecified atom stereocenters. The molecule has 0 aliphatic carbocycles. The van der Waals surface area contributed by atoms with Crippen molar-refractivity contribution >= 4 is 57.8 Å². The number of anilines is 2. The predicted octanol–water partition coefficient (Wildman–Crippen LogP) is 3.45. The average molecular weight is 518 g/mol. The van der Waals surface area contributed by atoms with Crippen LogP contribution in [0, 0.1) is 10.1 Å². The number of carbonyl (C=O) groups is 2. The number of rotatable bonds is 5. The molecule has 0 spiro atoms. The van der Waals surface area contributed by atoms with Crippen LogP contribution in [0.2, 0.25) is 5.02 Å². The van der Waals surface area contributed by atoms with Gasteiger partial charge in [-0.1, -0.05) is 11.6 Å². The maximum atomic E-state index is 12.8. The van der Waals surface area contributed by atoms with Gasteiger partial charge in [-0.05, 0) is 55.4 Å². The molecule has 2 amide bonds. The van der Waals surface area contributed by atoms with Crippen LogP contribution in [-0.2, 0) is 4.74 Å². The van der Waals surface area contributed by atoms with Gasteiger partial charge in [0.15, 0.2) is 5.11 Å². The summed E-state index contributed by atoms with van der Waals surface area (Å²) in [5, 5.41) is 17.2. The summed E-state index contributed by atoms with van der Waals surface area (Å²) in [4.78, 5) is 40.3. The fraction of sp³-hybridized carbons (Fsp3) is 0.348. The number of thiocarbonyl (C=S) groups is 1. The van der Waals surface area contributed by atoms with Crippen LogP contribution in [0.4, 0.5) is 17.1 Å². The van der Waals surface area contributed by atoms with Crippen LogP contribution in [0.3, 0.4) is 0 Å². The Hall–Kier alpha value is -3.28. The van der Waals surface area contributed by atoms with Crippen LogP contribution in [0.5, 0.6) is 0 Å².